The van der Waals surface area contributed by atoms with E-state index in [1.165, 1.54) is 6.08 Å². The third-order valence-corrected chi connectivity index (χ3v) is 12.1. The number of ether oxygens (including phenoxy) is 3. The number of rotatable bonds is 4. The average molecular weight is 567 g/mol. The lowest BCUT2D eigenvalue weighted by Gasteiger charge is -2.66. The van der Waals surface area contributed by atoms with Crippen molar-refractivity contribution in [1.29, 1.82) is 0 Å². The van der Waals surface area contributed by atoms with Gasteiger partial charge < -0.3 is 49.6 Å². The van der Waals surface area contributed by atoms with Crippen molar-refractivity contribution in [2.45, 2.75) is 119 Å². The molecule has 4 saturated carbocycles. The lowest BCUT2D eigenvalue weighted by Crippen LogP contribution is -2.71. The van der Waals surface area contributed by atoms with Crippen LogP contribution in [-0.4, -0.2) is 104 Å². The Morgan fingerprint density at radius 3 is 2.42 bits per heavy atom. The molecule has 0 aromatic carbocycles. The molecule has 0 amide bonds. The zero-order valence-corrected chi connectivity index (χ0v) is 23.0. The maximum absolute atomic E-state index is 13.0. The Balaban J connectivity index is 1.25. The summed E-state index contributed by atoms with van der Waals surface area (Å²) in [6, 6.07) is 0. The van der Waals surface area contributed by atoms with Crippen LogP contribution in [0.15, 0.2) is 11.6 Å². The lowest BCUT2D eigenvalue weighted by molar-refractivity contribution is -0.319. The molecule has 2 aliphatic heterocycles. The molecule has 2 heterocycles. The van der Waals surface area contributed by atoms with Crippen LogP contribution in [0.4, 0.5) is 0 Å². The number of aldehydes is 1. The Morgan fingerprint density at radius 1 is 1.00 bits per heavy atom. The number of cyclic esters (lactones) is 1. The third kappa shape index (κ3) is 3.71. The molecule has 0 spiro atoms. The van der Waals surface area contributed by atoms with Crippen molar-refractivity contribution in [3.05, 3.63) is 11.6 Å². The Kier molecular flexibility index (Phi) is 6.83. The first-order chi connectivity index (χ1) is 18.8. The summed E-state index contributed by atoms with van der Waals surface area (Å²) in [4.78, 5) is 24.8. The molecular weight excluding hydrogens is 524 g/mol. The van der Waals surface area contributed by atoms with Crippen molar-refractivity contribution in [3.8, 4) is 0 Å². The fraction of sp³-hybridized carbons (Fsp3) is 0.862. The first-order valence-electron chi connectivity index (χ1n) is 14.6. The van der Waals surface area contributed by atoms with E-state index >= 15 is 0 Å². The number of fused-ring (bicyclic) bond motifs is 5. The second kappa shape index (κ2) is 9.54. The molecule has 1 saturated heterocycles. The molecule has 0 bridgehead atoms. The normalized spacial score (nSPS) is 56.0. The lowest BCUT2D eigenvalue weighted by atomic mass is 9.41. The second-order valence-electron chi connectivity index (χ2n) is 13.5. The van der Waals surface area contributed by atoms with E-state index in [1.807, 2.05) is 6.92 Å². The third-order valence-electron chi connectivity index (χ3n) is 12.1. The van der Waals surface area contributed by atoms with Crippen LogP contribution in [0.1, 0.15) is 65.2 Å². The van der Waals surface area contributed by atoms with Crippen LogP contribution >= 0.6 is 0 Å². The van der Waals surface area contributed by atoms with Crippen molar-refractivity contribution < 1.29 is 54.4 Å². The summed E-state index contributed by atoms with van der Waals surface area (Å²) < 4.78 is 16.8. The van der Waals surface area contributed by atoms with E-state index in [9.17, 15) is 40.2 Å². The Hall–Kier alpha value is -1.44. The first kappa shape index (κ1) is 28.7. The van der Waals surface area contributed by atoms with Crippen LogP contribution in [-0.2, 0) is 23.8 Å². The number of carbonyl (C=O) groups excluding carboxylic acids is 2. The van der Waals surface area contributed by atoms with Crippen LogP contribution < -0.4 is 0 Å². The van der Waals surface area contributed by atoms with Crippen molar-refractivity contribution in [2.24, 2.45) is 28.6 Å². The van der Waals surface area contributed by atoms with Crippen LogP contribution in [0.5, 0.6) is 0 Å². The number of hydrogen-bond donors (Lipinski definition) is 6. The predicted molar refractivity (Wildman–Crippen MR) is 136 cm³/mol. The molecule has 5 fully saturated rings. The minimum atomic E-state index is -1.47. The smallest absolute Gasteiger partial charge is 0.331 e. The van der Waals surface area contributed by atoms with E-state index in [2.05, 4.69) is 0 Å². The highest BCUT2D eigenvalue weighted by Crippen LogP contribution is 2.70. The van der Waals surface area contributed by atoms with Gasteiger partial charge in [0, 0.05) is 17.9 Å². The van der Waals surface area contributed by atoms with Gasteiger partial charge in [-0.2, -0.15) is 0 Å². The van der Waals surface area contributed by atoms with Crippen LogP contribution in [0, 0.1) is 28.6 Å². The van der Waals surface area contributed by atoms with Crippen molar-refractivity contribution >= 4 is 12.3 Å². The maximum Gasteiger partial charge on any atom is 0.331 e. The van der Waals surface area contributed by atoms with Gasteiger partial charge in [0.15, 0.2) is 6.29 Å². The molecule has 0 aromatic rings. The fourth-order valence-corrected chi connectivity index (χ4v) is 9.74. The summed E-state index contributed by atoms with van der Waals surface area (Å²) in [6.07, 6.45) is -2.70. The Bertz CT molecular complexity index is 1080. The molecule has 3 unspecified atom stereocenters. The van der Waals surface area contributed by atoms with Gasteiger partial charge in [-0.3, -0.25) is 0 Å². The highest BCUT2D eigenvalue weighted by Gasteiger charge is 2.74. The Labute approximate surface area is 233 Å². The summed E-state index contributed by atoms with van der Waals surface area (Å²) in [5.41, 5.74) is -4.09. The van der Waals surface area contributed by atoms with E-state index < -0.39 is 76.8 Å². The quantitative estimate of drug-likeness (QED) is 0.149. The summed E-state index contributed by atoms with van der Waals surface area (Å²) in [5.74, 6) is -1.42. The van der Waals surface area contributed by atoms with Crippen molar-refractivity contribution in [1.82, 2.24) is 0 Å². The van der Waals surface area contributed by atoms with Gasteiger partial charge in [-0.1, -0.05) is 6.92 Å². The van der Waals surface area contributed by atoms with E-state index in [4.69, 9.17) is 14.2 Å². The minimum absolute atomic E-state index is 0.0926. The van der Waals surface area contributed by atoms with Crippen molar-refractivity contribution in [2.75, 3.05) is 6.61 Å². The molecule has 11 nitrogen and oxygen atoms in total. The average Bonchev–Trinajstić information content (AvgIpc) is 3.46. The fourth-order valence-electron chi connectivity index (χ4n) is 9.74. The molecule has 11 heteroatoms. The maximum atomic E-state index is 13.0. The van der Waals surface area contributed by atoms with Gasteiger partial charge in [-0.25, -0.2) is 4.79 Å². The highest BCUT2D eigenvalue weighted by atomic mass is 16.7. The number of aliphatic hydroxyl groups excluding tert-OH is 4. The van der Waals surface area contributed by atoms with Gasteiger partial charge in [0.1, 0.15) is 31.2 Å². The Morgan fingerprint density at radius 2 is 1.75 bits per heavy atom. The van der Waals surface area contributed by atoms with Gasteiger partial charge in [-0.15, -0.1) is 0 Å². The molecule has 40 heavy (non-hydrogen) atoms. The molecule has 4 aliphatic carbocycles. The van der Waals surface area contributed by atoms with Gasteiger partial charge >= 0.3 is 5.97 Å². The van der Waals surface area contributed by atoms with Gasteiger partial charge in [0.05, 0.1) is 34.9 Å². The van der Waals surface area contributed by atoms with E-state index in [0.717, 1.165) is 11.9 Å². The largest absolute Gasteiger partial charge is 0.458 e. The summed E-state index contributed by atoms with van der Waals surface area (Å²) in [7, 11) is 0. The first-order valence-corrected chi connectivity index (χ1v) is 14.6. The molecule has 224 valence electrons. The van der Waals surface area contributed by atoms with Crippen LogP contribution in [0.25, 0.3) is 0 Å². The van der Waals surface area contributed by atoms with Gasteiger partial charge in [-0.05, 0) is 75.2 Å². The topological polar surface area (TPSA) is 183 Å². The van der Waals surface area contributed by atoms with E-state index in [-0.39, 0.29) is 44.1 Å². The van der Waals surface area contributed by atoms with E-state index in [1.54, 1.807) is 6.92 Å². The number of esters is 1. The van der Waals surface area contributed by atoms with Crippen LogP contribution in [0.2, 0.25) is 0 Å². The van der Waals surface area contributed by atoms with Gasteiger partial charge in [0.2, 0.25) is 0 Å². The molecule has 6 rings (SSSR count). The monoisotopic (exact) mass is 566 g/mol. The zero-order chi connectivity index (χ0) is 28.8. The van der Waals surface area contributed by atoms with Crippen LogP contribution in [0.3, 0.4) is 0 Å². The zero-order valence-electron chi connectivity index (χ0n) is 23.0. The molecule has 14 atom stereocenters. The number of hydrogen-bond acceptors (Lipinski definition) is 11. The molecular formula is C29H42O11. The molecule has 0 aromatic heterocycles. The standard InChI is InChI=1S/C29H42O11/c1-14-22(33)23(34)24(35)25(39-14)40-16-3-6-27(13-30)19-10-20(31)26(2)17(15-9-21(32)38-12-15)5-8-29(26,37)18(19)4-7-28(27,36)11-16/h9,13-14,16-20,22-25,31,33-37H,3-8,10-12H2,1-2H3/t14-,16-,17+,18?,19?,20+,22-,23+,24+,25?,26-,27-,28-,29-/m0/s1. The van der Waals surface area contributed by atoms with Crippen molar-refractivity contribution in [3.63, 3.8) is 0 Å². The van der Waals surface area contributed by atoms with Gasteiger partial charge in [0.25, 0.3) is 0 Å². The summed E-state index contributed by atoms with van der Waals surface area (Å²) >= 11 is 0. The number of aliphatic hydroxyl groups is 6. The molecule has 6 N–H and O–H groups in total. The SMILES string of the molecule is C[C@@H]1OC(O[C@H]2CC[C@]3(C=O)C4C[C@@H](O)[C@]5(C)[C@@H](C6=CC(=O)OC6)CC[C@]5(O)C4CC[C@]3(O)C2)[C@H](O)[C@H](O)[C@H]1O. The summed E-state index contributed by atoms with van der Waals surface area (Å²) in [5, 5.41) is 66.7. The minimum Gasteiger partial charge on any atom is -0.458 e. The summed E-state index contributed by atoms with van der Waals surface area (Å²) in [6.45, 7) is 3.61. The van der Waals surface area contributed by atoms with E-state index in [0.29, 0.717) is 25.7 Å². The highest BCUT2D eigenvalue weighted by molar-refractivity contribution is 5.85. The number of carbonyl (C=O) groups is 2. The molecule has 0 radical (unpaired) electrons. The molecule has 6 aliphatic rings. The predicted octanol–water partition coefficient (Wildman–Crippen LogP) is -0.279. The second-order valence-corrected chi connectivity index (χ2v) is 13.5.